The number of piperidine rings is 1. The summed E-state index contributed by atoms with van der Waals surface area (Å²) in [6.45, 7) is 2.21. The van der Waals surface area contributed by atoms with Crippen LogP contribution in [0.5, 0.6) is 5.88 Å². The van der Waals surface area contributed by atoms with Crippen molar-refractivity contribution in [1.82, 2.24) is 9.97 Å². The molecule has 110 valence electrons. The van der Waals surface area contributed by atoms with Gasteiger partial charge < -0.3 is 9.64 Å². The van der Waals surface area contributed by atoms with Crippen LogP contribution in [0.2, 0.25) is 0 Å². The summed E-state index contributed by atoms with van der Waals surface area (Å²) in [6.07, 6.45) is 5.45. The highest BCUT2D eigenvalue weighted by Crippen LogP contribution is 2.24. The first-order chi connectivity index (χ1) is 10.3. The van der Waals surface area contributed by atoms with Crippen molar-refractivity contribution in [3.8, 4) is 5.88 Å². The van der Waals surface area contributed by atoms with E-state index in [0.29, 0.717) is 24.2 Å². The second kappa shape index (κ2) is 6.52. The number of hydrogen-bond acceptors (Lipinski definition) is 4. The van der Waals surface area contributed by atoms with Crippen LogP contribution in [0.15, 0.2) is 42.7 Å². The Morgan fingerprint density at radius 1 is 1.19 bits per heavy atom. The fourth-order valence-corrected chi connectivity index (χ4v) is 2.64. The Kier molecular flexibility index (Phi) is 4.28. The highest BCUT2D eigenvalue weighted by Gasteiger charge is 2.23. The van der Waals surface area contributed by atoms with E-state index in [0.717, 1.165) is 25.9 Å². The van der Waals surface area contributed by atoms with Crippen molar-refractivity contribution < 1.29 is 9.13 Å². The predicted molar refractivity (Wildman–Crippen MR) is 78.9 cm³/mol. The summed E-state index contributed by atoms with van der Waals surface area (Å²) in [5.41, 5.74) is 0. The Balaban J connectivity index is 1.60. The van der Waals surface area contributed by atoms with Gasteiger partial charge in [-0.2, -0.15) is 0 Å². The molecule has 1 fully saturated rings. The van der Waals surface area contributed by atoms with Crippen LogP contribution in [0.3, 0.4) is 0 Å². The maximum absolute atomic E-state index is 13.8. The molecule has 3 rings (SSSR count). The molecule has 0 N–H and O–H groups in total. The first-order valence-corrected chi connectivity index (χ1v) is 7.22. The fraction of sp³-hybridized carbons (Fsp3) is 0.375. The topological polar surface area (TPSA) is 38.2 Å². The average Bonchev–Trinajstić information content (AvgIpc) is 2.55. The average molecular weight is 287 g/mol. The molecule has 0 aromatic carbocycles. The van der Waals surface area contributed by atoms with Crippen LogP contribution in [-0.4, -0.2) is 29.7 Å². The molecule has 1 atom stereocenters. The molecule has 5 heteroatoms. The molecule has 0 aliphatic carbocycles. The summed E-state index contributed by atoms with van der Waals surface area (Å²) in [6, 6.07) is 8.68. The molecule has 0 spiro atoms. The highest BCUT2D eigenvalue weighted by molar-refractivity contribution is 5.40. The van der Waals surface area contributed by atoms with E-state index in [1.54, 1.807) is 18.5 Å². The molecule has 0 radical (unpaired) electrons. The van der Waals surface area contributed by atoms with Crippen molar-refractivity contribution in [2.45, 2.75) is 12.8 Å². The SMILES string of the molecule is Fc1cccnc1N1CCCC(COc2ccccn2)C1. The number of pyridine rings is 2. The van der Waals surface area contributed by atoms with Crippen LogP contribution >= 0.6 is 0 Å². The fourth-order valence-electron chi connectivity index (χ4n) is 2.64. The van der Waals surface area contributed by atoms with Crippen molar-refractivity contribution in [3.05, 3.63) is 48.5 Å². The number of aromatic nitrogens is 2. The molecular weight excluding hydrogens is 269 g/mol. The molecule has 0 bridgehead atoms. The van der Waals surface area contributed by atoms with E-state index in [9.17, 15) is 4.39 Å². The number of hydrogen-bond donors (Lipinski definition) is 0. The first-order valence-electron chi connectivity index (χ1n) is 7.22. The van der Waals surface area contributed by atoms with Gasteiger partial charge in [0.1, 0.15) is 0 Å². The van der Waals surface area contributed by atoms with Gasteiger partial charge in [0, 0.05) is 37.5 Å². The van der Waals surface area contributed by atoms with Gasteiger partial charge in [-0.1, -0.05) is 6.07 Å². The summed E-state index contributed by atoms with van der Waals surface area (Å²) in [5.74, 6) is 1.18. The summed E-state index contributed by atoms with van der Waals surface area (Å²) in [5, 5.41) is 0. The van der Waals surface area contributed by atoms with Crippen molar-refractivity contribution in [1.29, 1.82) is 0 Å². The van der Waals surface area contributed by atoms with Gasteiger partial charge in [-0.3, -0.25) is 0 Å². The first kappa shape index (κ1) is 13.8. The monoisotopic (exact) mass is 287 g/mol. The van der Waals surface area contributed by atoms with Crippen LogP contribution in [0.4, 0.5) is 10.2 Å². The van der Waals surface area contributed by atoms with Gasteiger partial charge in [0.15, 0.2) is 11.6 Å². The zero-order valence-electron chi connectivity index (χ0n) is 11.8. The van der Waals surface area contributed by atoms with Crippen molar-refractivity contribution in [3.63, 3.8) is 0 Å². The third kappa shape index (κ3) is 3.48. The standard InChI is InChI=1S/C16H18FN3O/c17-14-6-3-9-19-16(14)20-10-4-5-13(11-20)12-21-15-7-1-2-8-18-15/h1-3,6-9,13H,4-5,10-12H2. The third-order valence-electron chi connectivity index (χ3n) is 3.66. The summed E-state index contributed by atoms with van der Waals surface area (Å²) in [7, 11) is 0. The quantitative estimate of drug-likeness (QED) is 0.866. The van der Waals surface area contributed by atoms with Gasteiger partial charge in [0.2, 0.25) is 5.88 Å². The second-order valence-electron chi connectivity index (χ2n) is 5.24. The maximum atomic E-state index is 13.8. The molecule has 1 aliphatic heterocycles. The van der Waals surface area contributed by atoms with E-state index in [1.165, 1.54) is 6.07 Å². The van der Waals surface area contributed by atoms with E-state index in [4.69, 9.17) is 4.74 Å². The minimum atomic E-state index is -0.260. The van der Waals surface area contributed by atoms with E-state index in [1.807, 2.05) is 23.1 Å². The molecule has 1 saturated heterocycles. The van der Waals surface area contributed by atoms with Crippen molar-refractivity contribution in [2.24, 2.45) is 5.92 Å². The maximum Gasteiger partial charge on any atom is 0.213 e. The zero-order chi connectivity index (χ0) is 14.5. The molecule has 3 heterocycles. The molecule has 4 nitrogen and oxygen atoms in total. The molecule has 21 heavy (non-hydrogen) atoms. The lowest BCUT2D eigenvalue weighted by molar-refractivity contribution is 0.221. The normalized spacial score (nSPS) is 18.5. The zero-order valence-corrected chi connectivity index (χ0v) is 11.8. The Labute approximate surface area is 123 Å². The Morgan fingerprint density at radius 2 is 2.10 bits per heavy atom. The van der Waals surface area contributed by atoms with Crippen LogP contribution < -0.4 is 9.64 Å². The van der Waals surface area contributed by atoms with Gasteiger partial charge in [0.25, 0.3) is 0 Å². The number of halogens is 1. The number of rotatable bonds is 4. The van der Waals surface area contributed by atoms with Crippen LogP contribution in [0, 0.1) is 11.7 Å². The minimum Gasteiger partial charge on any atom is -0.477 e. The molecular formula is C16H18FN3O. The summed E-state index contributed by atoms with van der Waals surface area (Å²) < 4.78 is 19.5. The lowest BCUT2D eigenvalue weighted by Gasteiger charge is -2.33. The lowest BCUT2D eigenvalue weighted by atomic mass is 9.99. The minimum absolute atomic E-state index is 0.260. The lowest BCUT2D eigenvalue weighted by Crippen LogP contribution is -2.38. The largest absolute Gasteiger partial charge is 0.477 e. The third-order valence-corrected chi connectivity index (χ3v) is 3.66. The number of ether oxygens (including phenoxy) is 1. The Morgan fingerprint density at radius 3 is 2.90 bits per heavy atom. The molecule has 1 unspecified atom stereocenters. The summed E-state index contributed by atoms with van der Waals surface area (Å²) >= 11 is 0. The van der Waals surface area contributed by atoms with Gasteiger partial charge in [-0.15, -0.1) is 0 Å². The number of nitrogens with zero attached hydrogens (tertiary/aromatic N) is 3. The summed E-state index contributed by atoms with van der Waals surface area (Å²) in [4.78, 5) is 10.3. The molecule has 1 aliphatic rings. The van der Waals surface area contributed by atoms with Crippen molar-refractivity contribution >= 4 is 5.82 Å². The second-order valence-corrected chi connectivity index (χ2v) is 5.24. The Hall–Kier alpha value is -2.17. The predicted octanol–water partition coefficient (Wildman–Crippen LogP) is 2.91. The Bertz CT molecular complexity index is 579. The van der Waals surface area contributed by atoms with Crippen LogP contribution in [0.1, 0.15) is 12.8 Å². The van der Waals surface area contributed by atoms with E-state index < -0.39 is 0 Å². The van der Waals surface area contributed by atoms with E-state index >= 15 is 0 Å². The molecule has 2 aromatic rings. The van der Waals surface area contributed by atoms with Gasteiger partial charge in [-0.05, 0) is 31.0 Å². The van der Waals surface area contributed by atoms with Gasteiger partial charge >= 0.3 is 0 Å². The van der Waals surface area contributed by atoms with Gasteiger partial charge in [-0.25, -0.2) is 14.4 Å². The van der Waals surface area contributed by atoms with E-state index in [-0.39, 0.29) is 5.82 Å². The molecule has 2 aromatic heterocycles. The van der Waals surface area contributed by atoms with Crippen molar-refractivity contribution in [2.75, 3.05) is 24.6 Å². The number of anilines is 1. The van der Waals surface area contributed by atoms with Crippen LogP contribution in [-0.2, 0) is 0 Å². The molecule has 0 saturated carbocycles. The smallest absolute Gasteiger partial charge is 0.213 e. The van der Waals surface area contributed by atoms with Crippen LogP contribution in [0.25, 0.3) is 0 Å². The van der Waals surface area contributed by atoms with E-state index in [2.05, 4.69) is 9.97 Å². The van der Waals surface area contributed by atoms with Gasteiger partial charge in [0.05, 0.1) is 6.61 Å². The highest BCUT2D eigenvalue weighted by atomic mass is 19.1. The molecule has 0 amide bonds.